The van der Waals surface area contributed by atoms with Crippen molar-refractivity contribution in [2.75, 3.05) is 40.2 Å². The number of likely N-dealkylation sites (N-methyl/N-ethyl adjacent to an activating group) is 1. The number of benzene rings is 2. The van der Waals surface area contributed by atoms with Gasteiger partial charge < -0.3 is 24.6 Å². The fourth-order valence-electron chi connectivity index (χ4n) is 4.52. The normalized spacial score (nSPS) is 15.5. The first-order chi connectivity index (χ1) is 19.2. The summed E-state index contributed by atoms with van der Waals surface area (Å²) in [4.78, 5) is 29.1. The number of fused-ring (bicyclic) bond motifs is 1. The van der Waals surface area contributed by atoms with E-state index in [0.29, 0.717) is 23.8 Å². The van der Waals surface area contributed by atoms with Crippen molar-refractivity contribution in [1.82, 2.24) is 15.1 Å². The molecule has 0 saturated heterocycles. The highest BCUT2D eigenvalue weighted by molar-refractivity contribution is 6.03. The fourth-order valence-corrected chi connectivity index (χ4v) is 4.52. The number of para-hydroxylation sites is 1. The van der Waals surface area contributed by atoms with Crippen molar-refractivity contribution >= 4 is 28.8 Å². The zero-order valence-electron chi connectivity index (χ0n) is 24.9. The topological polar surface area (TPSA) is 83.1 Å². The highest BCUT2D eigenvalue weighted by Gasteiger charge is 2.31. The Morgan fingerprint density at radius 1 is 1.12 bits per heavy atom. The van der Waals surface area contributed by atoms with Crippen molar-refractivity contribution in [1.29, 1.82) is 0 Å². The SMILES string of the molecule is CC.COc1ccccc1C1=CNC2C1=CC(c1ccc(NC(=O)OCCC(C)C)c(C(=O)N(C)C)c1)=CN2C. The minimum absolute atomic E-state index is 0.0110. The van der Waals surface area contributed by atoms with E-state index in [9.17, 15) is 9.59 Å². The molecule has 0 aromatic heterocycles. The minimum Gasteiger partial charge on any atom is -0.496 e. The van der Waals surface area contributed by atoms with Crippen LogP contribution in [0.2, 0.25) is 0 Å². The van der Waals surface area contributed by atoms with Gasteiger partial charge in [0.25, 0.3) is 5.91 Å². The summed E-state index contributed by atoms with van der Waals surface area (Å²) in [6, 6.07) is 13.4. The number of methoxy groups -OCH3 is 1. The minimum atomic E-state index is -0.573. The van der Waals surface area contributed by atoms with Gasteiger partial charge in [-0.25, -0.2) is 4.79 Å². The van der Waals surface area contributed by atoms with Crippen LogP contribution in [0.1, 0.15) is 55.6 Å². The molecule has 2 amide bonds. The molecule has 2 aromatic carbocycles. The van der Waals surface area contributed by atoms with E-state index in [1.165, 1.54) is 4.90 Å². The summed E-state index contributed by atoms with van der Waals surface area (Å²) in [6.07, 6.45) is 6.38. The predicted octanol–water partition coefficient (Wildman–Crippen LogP) is 6.20. The first-order valence-electron chi connectivity index (χ1n) is 13.7. The molecular weight excluding hydrogens is 504 g/mol. The second kappa shape index (κ2) is 13.7. The number of anilines is 1. The molecule has 2 aromatic rings. The molecule has 0 radical (unpaired) electrons. The highest BCUT2D eigenvalue weighted by atomic mass is 16.5. The van der Waals surface area contributed by atoms with Gasteiger partial charge in [-0.2, -0.15) is 0 Å². The van der Waals surface area contributed by atoms with E-state index >= 15 is 0 Å². The standard InChI is InChI=1S/C30H36N4O4.C2H6/c1-19(2)13-14-38-30(36)32-26-12-11-20(15-24(26)29(35)33(3)4)21-16-23-25(17-31-28(23)34(5)18-21)22-9-7-8-10-27(22)37-6;1-2/h7-12,15-19,28,31H,13-14H2,1-6H3,(H,32,36);1-2H3. The molecule has 2 aliphatic heterocycles. The van der Waals surface area contributed by atoms with Gasteiger partial charge in [0.2, 0.25) is 0 Å². The van der Waals surface area contributed by atoms with Crippen molar-refractivity contribution in [2.45, 2.75) is 40.3 Å². The zero-order chi connectivity index (χ0) is 29.4. The maximum Gasteiger partial charge on any atom is 0.411 e. The molecule has 0 spiro atoms. The fraction of sp³-hybridized carbons (Fsp3) is 0.375. The Morgan fingerprint density at radius 3 is 2.52 bits per heavy atom. The molecule has 8 nitrogen and oxygen atoms in total. The molecule has 2 heterocycles. The van der Waals surface area contributed by atoms with Crippen LogP contribution >= 0.6 is 0 Å². The van der Waals surface area contributed by atoms with Crippen molar-refractivity contribution < 1.29 is 19.1 Å². The monoisotopic (exact) mass is 546 g/mol. The first kappa shape index (κ1) is 30.3. The molecule has 1 atom stereocenters. The first-order valence-corrected chi connectivity index (χ1v) is 13.7. The summed E-state index contributed by atoms with van der Waals surface area (Å²) in [5, 5.41) is 6.20. The van der Waals surface area contributed by atoms with E-state index in [4.69, 9.17) is 9.47 Å². The molecular formula is C32H42N4O4. The largest absolute Gasteiger partial charge is 0.496 e. The van der Waals surface area contributed by atoms with Crippen LogP contribution in [0, 0.1) is 5.92 Å². The van der Waals surface area contributed by atoms with Gasteiger partial charge in [0.05, 0.1) is 25.0 Å². The van der Waals surface area contributed by atoms with Crippen LogP contribution in [0.3, 0.4) is 0 Å². The van der Waals surface area contributed by atoms with Crippen LogP contribution in [0.15, 0.2) is 66.5 Å². The van der Waals surface area contributed by atoms with E-state index in [1.54, 1.807) is 27.3 Å². The van der Waals surface area contributed by atoms with Gasteiger partial charge in [-0.1, -0.05) is 52.0 Å². The molecule has 0 aliphatic carbocycles. The number of amides is 2. The second-order valence-corrected chi connectivity index (χ2v) is 10.1. The summed E-state index contributed by atoms with van der Waals surface area (Å²) >= 11 is 0. The maximum absolute atomic E-state index is 13.1. The summed E-state index contributed by atoms with van der Waals surface area (Å²) in [7, 11) is 7.06. The van der Waals surface area contributed by atoms with Crippen LogP contribution in [-0.4, -0.2) is 62.8 Å². The Balaban J connectivity index is 0.00000216. The van der Waals surface area contributed by atoms with Gasteiger partial charge in [-0.15, -0.1) is 0 Å². The third kappa shape index (κ3) is 6.86. The third-order valence-electron chi connectivity index (χ3n) is 6.60. The van der Waals surface area contributed by atoms with Gasteiger partial charge in [-0.3, -0.25) is 10.1 Å². The Labute approximate surface area is 238 Å². The number of hydrogen-bond donors (Lipinski definition) is 2. The number of nitrogens with one attached hydrogen (secondary N) is 2. The number of nitrogens with zero attached hydrogens (tertiary/aromatic N) is 2. The number of carbonyl (C=O) groups excluding carboxylic acids is 2. The average molecular weight is 547 g/mol. The lowest BCUT2D eigenvalue weighted by Crippen LogP contribution is -2.38. The Morgan fingerprint density at radius 2 is 1.85 bits per heavy atom. The van der Waals surface area contributed by atoms with Crippen LogP contribution in [0.25, 0.3) is 11.1 Å². The van der Waals surface area contributed by atoms with Crippen LogP contribution < -0.4 is 15.4 Å². The molecule has 0 saturated carbocycles. The smallest absolute Gasteiger partial charge is 0.411 e. The van der Waals surface area contributed by atoms with E-state index in [1.807, 2.05) is 69.7 Å². The number of ether oxygens (including phenoxy) is 2. The van der Waals surface area contributed by atoms with E-state index in [-0.39, 0.29) is 12.1 Å². The quantitative estimate of drug-likeness (QED) is 0.410. The molecule has 4 rings (SSSR count). The maximum atomic E-state index is 13.1. The van der Waals surface area contributed by atoms with E-state index in [2.05, 4.69) is 35.5 Å². The van der Waals surface area contributed by atoms with Gasteiger partial charge in [0, 0.05) is 50.3 Å². The second-order valence-electron chi connectivity index (χ2n) is 10.1. The predicted molar refractivity (Wildman–Crippen MR) is 162 cm³/mol. The molecule has 8 heteroatoms. The Hall–Kier alpha value is -4.20. The summed E-state index contributed by atoms with van der Waals surface area (Å²) in [6.45, 7) is 8.46. The molecule has 214 valence electrons. The molecule has 2 aliphatic rings. The number of allylic oxidation sites excluding steroid dienone is 2. The molecule has 2 N–H and O–H groups in total. The Bertz CT molecular complexity index is 1310. The average Bonchev–Trinajstić information content (AvgIpc) is 3.38. The molecule has 1 unspecified atom stereocenters. The van der Waals surface area contributed by atoms with E-state index < -0.39 is 6.09 Å². The number of hydrogen-bond acceptors (Lipinski definition) is 6. The summed E-state index contributed by atoms with van der Waals surface area (Å²) in [5.41, 5.74) is 5.77. The summed E-state index contributed by atoms with van der Waals surface area (Å²) < 4.78 is 10.9. The van der Waals surface area contributed by atoms with E-state index in [0.717, 1.165) is 40.0 Å². The lowest BCUT2D eigenvalue weighted by atomic mass is 9.91. The molecule has 0 bridgehead atoms. The highest BCUT2D eigenvalue weighted by Crippen LogP contribution is 2.40. The van der Waals surface area contributed by atoms with Crippen LogP contribution in [0.5, 0.6) is 5.75 Å². The van der Waals surface area contributed by atoms with Crippen molar-refractivity contribution in [3.8, 4) is 5.75 Å². The molecule has 40 heavy (non-hydrogen) atoms. The van der Waals surface area contributed by atoms with Crippen LogP contribution in [-0.2, 0) is 4.74 Å². The number of carbonyl (C=O) groups is 2. The van der Waals surface area contributed by atoms with Crippen molar-refractivity contribution in [3.63, 3.8) is 0 Å². The lowest BCUT2D eigenvalue weighted by molar-refractivity contribution is 0.0828. The third-order valence-corrected chi connectivity index (χ3v) is 6.60. The van der Waals surface area contributed by atoms with Crippen molar-refractivity contribution in [3.05, 3.63) is 83.2 Å². The Kier molecular flexibility index (Phi) is 10.4. The van der Waals surface area contributed by atoms with Gasteiger partial charge in [-0.05, 0) is 47.8 Å². The van der Waals surface area contributed by atoms with Gasteiger partial charge in [0.1, 0.15) is 11.9 Å². The van der Waals surface area contributed by atoms with Gasteiger partial charge in [0.15, 0.2) is 0 Å². The van der Waals surface area contributed by atoms with Crippen molar-refractivity contribution in [2.24, 2.45) is 5.92 Å². The van der Waals surface area contributed by atoms with Gasteiger partial charge >= 0.3 is 6.09 Å². The van der Waals surface area contributed by atoms with Crippen LogP contribution in [0.4, 0.5) is 10.5 Å². The summed E-state index contributed by atoms with van der Waals surface area (Å²) in [5.74, 6) is 1.02. The zero-order valence-corrected chi connectivity index (χ0v) is 24.9. The molecule has 0 fully saturated rings. The number of rotatable bonds is 8. The lowest BCUT2D eigenvalue weighted by Gasteiger charge is -2.30.